The summed E-state index contributed by atoms with van der Waals surface area (Å²) in [5.74, 6) is -5.73. The van der Waals surface area contributed by atoms with E-state index in [1.165, 1.54) is 0 Å². The van der Waals surface area contributed by atoms with Gasteiger partial charge in [-0.25, -0.2) is 4.79 Å². The fourth-order valence-corrected chi connectivity index (χ4v) is 1.98. The van der Waals surface area contributed by atoms with Gasteiger partial charge in [0.15, 0.2) is 0 Å². The molecule has 0 saturated carbocycles. The highest BCUT2D eigenvalue weighted by atomic mass is 19.3. The van der Waals surface area contributed by atoms with E-state index in [0.717, 1.165) is 21.9 Å². The Bertz CT molecular complexity index is 621. The molecule has 19 heavy (non-hydrogen) atoms. The predicted octanol–water partition coefficient (Wildman–Crippen LogP) is 3.80. The van der Waals surface area contributed by atoms with Gasteiger partial charge in [-0.05, 0) is 29.7 Å². The quantitative estimate of drug-likeness (QED) is 0.912. The van der Waals surface area contributed by atoms with Gasteiger partial charge in [-0.2, -0.15) is 8.78 Å². The maximum Gasteiger partial charge on any atom is 0.374 e. The van der Waals surface area contributed by atoms with E-state index in [2.05, 4.69) is 0 Å². The largest absolute Gasteiger partial charge is 0.477 e. The first-order chi connectivity index (χ1) is 8.88. The molecule has 0 spiro atoms. The van der Waals surface area contributed by atoms with Crippen LogP contribution in [0.3, 0.4) is 0 Å². The molecular formula is C15H14F2O2. The van der Waals surface area contributed by atoms with E-state index >= 15 is 0 Å². The van der Waals surface area contributed by atoms with Crippen molar-refractivity contribution in [3.05, 3.63) is 47.5 Å². The zero-order chi connectivity index (χ0) is 14.0. The summed E-state index contributed by atoms with van der Waals surface area (Å²) in [6, 6.07) is 11.4. The minimum absolute atomic E-state index is 0.0448. The Labute approximate surface area is 109 Å². The number of aryl methyl sites for hydroxylation is 2. The second-order valence-corrected chi connectivity index (χ2v) is 4.69. The number of alkyl halides is 2. The molecule has 0 aliphatic carbocycles. The van der Waals surface area contributed by atoms with Crippen LogP contribution >= 0.6 is 0 Å². The lowest BCUT2D eigenvalue weighted by molar-refractivity contribution is -0.165. The number of rotatable bonds is 4. The molecule has 4 heteroatoms. The zero-order valence-corrected chi connectivity index (χ0v) is 10.5. The summed E-state index contributed by atoms with van der Waals surface area (Å²) >= 11 is 0. The minimum Gasteiger partial charge on any atom is -0.477 e. The van der Waals surface area contributed by atoms with Crippen molar-refractivity contribution in [1.29, 1.82) is 0 Å². The Morgan fingerprint density at radius 3 is 2.53 bits per heavy atom. The van der Waals surface area contributed by atoms with Gasteiger partial charge < -0.3 is 5.11 Å². The van der Waals surface area contributed by atoms with Crippen LogP contribution in [0.2, 0.25) is 0 Å². The molecule has 0 fully saturated rings. The Morgan fingerprint density at radius 1 is 1.16 bits per heavy atom. The summed E-state index contributed by atoms with van der Waals surface area (Å²) in [4.78, 5) is 10.3. The highest BCUT2D eigenvalue weighted by Crippen LogP contribution is 2.23. The summed E-state index contributed by atoms with van der Waals surface area (Å²) in [5, 5.41) is 10.4. The lowest BCUT2D eigenvalue weighted by Gasteiger charge is -2.11. The van der Waals surface area contributed by atoms with Gasteiger partial charge in [-0.3, -0.25) is 0 Å². The Balaban J connectivity index is 2.20. The Morgan fingerprint density at radius 2 is 1.84 bits per heavy atom. The van der Waals surface area contributed by atoms with Crippen LogP contribution in [-0.4, -0.2) is 17.0 Å². The SMILES string of the molecule is Cc1ccc2ccc(CCC(F)(F)C(=O)O)cc2c1. The van der Waals surface area contributed by atoms with Crippen molar-refractivity contribution in [2.75, 3.05) is 0 Å². The van der Waals surface area contributed by atoms with Crippen LogP contribution in [0, 0.1) is 6.92 Å². The number of fused-ring (bicyclic) bond motifs is 1. The molecule has 0 aliphatic heterocycles. The molecule has 0 radical (unpaired) electrons. The van der Waals surface area contributed by atoms with E-state index in [1.54, 1.807) is 6.07 Å². The number of aliphatic carboxylic acids is 1. The van der Waals surface area contributed by atoms with Crippen molar-refractivity contribution in [2.24, 2.45) is 0 Å². The fraction of sp³-hybridized carbons (Fsp3) is 0.267. The average Bonchev–Trinajstić information content (AvgIpc) is 2.35. The van der Waals surface area contributed by atoms with E-state index in [4.69, 9.17) is 5.11 Å². The van der Waals surface area contributed by atoms with Crippen LogP contribution < -0.4 is 0 Å². The van der Waals surface area contributed by atoms with E-state index < -0.39 is 18.3 Å². The molecule has 2 nitrogen and oxygen atoms in total. The number of halogens is 2. The molecule has 0 aliphatic rings. The topological polar surface area (TPSA) is 37.3 Å². The lowest BCUT2D eigenvalue weighted by atomic mass is 10.0. The maximum absolute atomic E-state index is 13.0. The van der Waals surface area contributed by atoms with Gasteiger partial charge in [-0.1, -0.05) is 42.0 Å². The minimum atomic E-state index is -3.67. The van der Waals surface area contributed by atoms with Crippen molar-refractivity contribution in [1.82, 2.24) is 0 Å². The highest BCUT2D eigenvalue weighted by Gasteiger charge is 2.37. The first kappa shape index (κ1) is 13.5. The fourth-order valence-electron chi connectivity index (χ4n) is 1.98. The number of hydrogen-bond acceptors (Lipinski definition) is 1. The Hall–Kier alpha value is -1.97. The van der Waals surface area contributed by atoms with Crippen LogP contribution in [0.4, 0.5) is 8.78 Å². The van der Waals surface area contributed by atoms with Crippen LogP contribution in [0.25, 0.3) is 10.8 Å². The molecular weight excluding hydrogens is 250 g/mol. The number of carbonyl (C=O) groups is 1. The molecule has 0 heterocycles. The van der Waals surface area contributed by atoms with Crippen molar-refractivity contribution < 1.29 is 18.7 Å². The smallest absolute Gasteiger partial charge is 0.374 e. The van der Waals surface area contributed by atoms with Crippen molar-refractivity contribution in [3.63, 3.8) is 0 Å². The predicted molar refractivity (Wildman–Crippen MR) is 69.6 cm³/mol. The molecule has 2 aromatic rings. The van der Waals surface area contributed by atoms with E-state index in [0.29, 0.717) is 0 Å². The molecule has 0 amide bonds. The number of carboxylic acids is 1. The molecule has 0 saturated heterocycles. The molecule has 0 aromatic heterocycles. The second kappa shape index (κ2) is 4.96. The maximum atomic E-state index is 13.0. The summed E-state index contributed by atoms with van der Waals surface area (Å²) in [6.07, 6.45) is -0.636. The number of carboxylic acid groups (broad SMARTS) is 1. The van der Waals surface area contributed by atoms with Crippen molar-refractivity contribution >= 4 is 16.7 Å². The third-order valence-corrected chi connectivity index (χ3v) is 3.10. The summed E-state index contributed by atoms with van der Waals surface area (Å²) in [5.41, 5.74) is 1.82. The molecule has 2 rings (SSSR count). The summed E-state index contributed by atoms with van der Waals surface area (Å²) < 4.78 is 26.0. The molecule has 0 bridgehead atoms. The average molecular weight is 264 g/mol. The standard InChI is InChI=1S/C15H14F2O2/c1-10-2-4-12-5-3-11(9-13(12)8-10)6-7-15(16,17)14(18)19/h2-5,8-9H,6-7H2,1H3,(H,18,19). The molecule has 0 unspecified atom stereocenters. The third kappa shape index (κ3) is 3.08. The van der Waals surface area contributed by atoms with Gasteiger partial charge in [0.25, 0.3) is 0 Å². The molecule has 2 aromatic carbocycles. The van der Waals surface area contributed by atoms with Crippen LogP contribution in [0.5, 0.6) is 0 Å². The number of hydrogen-bond donors (Lipinski definition) is 1. The van der Waals surface area contributed by atoms with Gasteiger partial charge in [0.2, 0.25) is 0 Å². The molecule has 100 valence electrons. The van der Waals surface area contributed by atoms with Gasteiger partial charge in [0, 0.05) is 6.42 Å². The first-order valence-electron chi connectivity index (χ1n) is 5.99. The Kier molecular flexibility index (Phi) is 3.51. The highest BCUT2D eigenvalue weighted by molar-refractivity contribution is 5.83. The molecule has 0 atom stereocenters. The monoisotopic (exact) mass is 264 g/mol. The third-order valence-electron chi connectivity index (χ3n) is 3.10. The van der Waals surface area contributed by atoms with Crippen LogP contribution in [-0.2, 0) is 11.2 Å². The first-order valence-corrected chi connectivity index (χ1v) is 5.99. The second-order valence-electron chi connectivity index (χ2n) is 4.69. The van der Waals surface area contributed by atoms with Gasteiger partial charge in [0.1, 0.15) is 0 Å². The van der Waals surface area contributed by atoms with Crippen LogP contribution in [0.15, 0.2) is 36.4 Å². The van der Waals surface area contributed by atoms with Gasteiger partial charge >= 0.3 is 11.9 Å². The van der Waals surface area contributed by atoms with E-state index in [9.17, 15) is 13.6 Å². The lowest BCUT2D eigenvalue weighted by Crippen LogP contribution is -2.28. The molecule has 1 N–H and O–H groups in total. The van der Waals surface area contributed by atoms with Crippen molar-refractivity contribution in [2.45, 2.75) is 25.7 Å². The summed E-state index contributed by atoms with van der Waals surface area (Å²) in [7, 11) is 0. The van der Waals surface area contributed by atoms with Gasteiger partial charge in [-0.15, -0.1) is 0 Å². The van der Waals surface area contributed by atoms with E-state index in [1.807, 2.05) is 37.3 Å². The zero-order valence-electron chi connectivity index (χ0n) is 10.5. The van der Waals surface area contributed by atoms with E-state index in [-0.39, 0.29) is 6.42 Å². The number of benzene rings is 2. The van der Waals surface area contributed by atoms with Crippen LogP contribution in [0.1, 0.15) is 17.5 Å². The van der Waals surface area contributed by atoms with Gasteiger partial charge in [0.05, 0.1) is 0 Å². The van der Waals surface area contributed by atoms with Crippen molar-refractivity contribution in [3.8, 4) is 0 Å². The summed E-state index contributed by atoms with van der Waals surface area (Å²) in [6.45, 7) is 1.96. The normalized spacial score (nSPS) is 11.7.